The average molecular weight is 247 g/mol. The van der Waals surface area contributed by atoms with Gasteiger partial charge in [-0.1, -0.05) is 12.1 Å². The molecule has 1 heterocycles. The number of nitrogens with zero attached hydrogens (tertiary/aromatic N) is 3. The predicted octanol–water partition coefficient (Wildman–Crippen LogP) is 0.744. The summed E-state index contributed by atoms with van der Waals surface area (Å²) in [5, 5.41) is 34.1. The lowest BCUT2D eigenvalue weighted by Crippen LogP contribution is -2.40. The van der Waals surface area contributed by atoms with Gasteiger partial charge in [-0.2, -0.15) is 9.46 Å². The maximum atomic E-state index is 11.9. The minimum atomic E-state index is -0.621. The third kappa shape index (κ3) is 1.93. The van der Waals surface area contributed by atoms with Crippen LogP contribution in [0, 0.1) is 20.5 Å². The van der Waals surface area contributed by atoms with Crippen molar-refractivity contribution < 1.29 is 14.4 Å². The zero-order chi connectivity index (χ0) is 13.3. The first-order valence-electron chi connectivity index (χ1n) is 5.08. The summed E-state index contributed by atoms with van der Waals surface area (Å²) in [6.07, 6.45) is 2.08. The zero-order valence-corrected chi connectivity index (χ0v) is 9.44. The molecule has 0 amide bonds. The second-order valence-electron chi connectivity index (χ2n) is 3.71. The largest absolute Gasteiger partial charge is 0.618 e. The molecule has 7 nitrogen and oxygen atoms in total. The Hall–Kier alpha value is -2.70. The monoisotopic (exact) mass is 247 g/mol. The van der Waals surface area contributed by atoms with Gasteiger partial charge >= 0.3 is 0 Å². The van der Waals surface area contributed by atoms with Crippen molar-refractivity contribution in [1.29, 1.82) is 0 Å². The summed E-state index contributed by atoms with van der Waals surface area (Å²) in [5.74, 6) is 0. The van der Waals surface area contributed by atoms with Gasteiger partial charge in [0, 0.05) is 19.1 Å². The molecular formula is C11H9N3O4. The lowest BCUT2D eigenvalue weighted by Gasteiger charge is -2.05. The van der Waals surface area contributed by atoms with E-state index >= 15 is 0 Å². The van der Waals surface area contributed by atoms with Gasteiger partial charge < -0.3 is 10.4 Å². The molecule has 0 aliphatic carbocycles. The highest BCUT2D eigenvalue weighted by Gasteiger charge is 2.19. The van der Waals surface area contributed by atoms with Crippen molar-refractivity contribution in [3.05, 3.63) is 62.4 Å². The molecule has 1 aromatic heterocycles. The van der Waals surface area contributed by atoms with Crippen LogP contribution in [0.3, 0.4) is 0 Å². The van der Waals surface area contributed by atoms with Crippen LogP contribution in [-0.4, -0.2) is 4.92 Å². The lowest BCUT2D eigenvalue weighted by molar-refractivity contribution is -0.630. The molecular weight excluding hydrogens is 238 g/mol. The number of nitro groups is 1. The molecule has 0 fully saturated rings. The maximum absolute atomic E-state index is 11.9. The van der Waals surface area contributed by atoms with Crippen molar-refractivity contribution in [1.82, 2.24) is 0 Å². The van der Waals surface area contributed by atoms with E-state index in [9.17, 15) is 20.5 Å². The van der Waals surface area contributed by atoms with Crippen molar-refractivity contribution in [2.24, 2.45) is 0 Å². The number of hydrogen-bond donors (Lipinski definition) is 0. The van der Waals surface area contributed by atoms with Crippen molar-refractivity contribution in [2.75, 3.05) is 0 Å². The minimum absolute atomic E-state index is 0.0714. The van der Waals surface area contributed by atoms with Gasteiger partial charge in [0.2, 0.25) is 5.70 Å². The Balaban J connectivity index is 2.71. The van der Waals surface area contributed by atoms with Crippen molar-refractivity contribution in [2.45, 2.75) is 6.92 Å². The molecule has 2 rings (SSSR count). The van der Waals surface area contributed by atoms with E-state index in [-0.39, 0.29) is 22.4 Å². The third-order valence-corrected chi connectivity index (χ3v) is 2.47. The fourth-order valence-electron chi connectivity index (χ4n) is 1.57. The van der Waals surface area contributed by atoms with Crippen LogP contribution in [0.5, 0.6) is 0 Å². The number of aromatic nitrogens is 2. The standard InChI is InChI=1S/C11H9N3O4/c1-8(14(17)18)6-9-7-12(15)10-4-2-3-5-11(10)13(9)16/h2-7H,1H3/b8-6+. The van der Waals surface area contributed by atoms with Gasteiger partial charge in [0.15, 0.2) is 0 Å². The molecule has 0 spiro atoms. The van der Waals surface area contributed by atoms with Gasteiger partial charge in [-0.25, -0.2) is 0 Å². The lowest BCUT2D eigenvalue weighted by atomic mass is 10.2. The SMILES string of the molecule is C/C(=C\c1c[n+]([O-])c2ccccc2[n+]1[O-])[N+](=O)[O-]. The van der Waals surface area contributed by atoms with E-state index in [1.165, 1.54) is 19.1 Å². The molecule has 0 saturated carbocycles. The second-order valence-corrected chi connectivity index (χ2v) is 3.71. The Morgan fingerprint density at radius 1 is 1.28 bits per heavy atom. The summed E-state index contributed by atoms with van der Waals surface area (Å²) in [4.78, 5) is 9.88. The molecule has 2 aromatic rings. The van der Waals surface area contributed by atoms with Crippen molar-refractivity contribution in [3.63, 3.8) is 0 Å². The molecule has 1 aromatic carbocycles. The topological polar surface area (TPSA) is 97.0 Å². The molecule has 0 N–H and O–H groups in total. The molecule has 0 radical (unpaired) electrons. The normalized spacial score (nSPS) is 11.7. The van der Waals surface area contributed by atoms with Gasteiger partial charge in [-0.15, -0.1) is 0 Å². The van der Waals surface area contributed by atoms with Crippen LogP contribution in [0.25, 0.3) is 17.1 Å². The summed E-state index contributed by atoms with van der Waals surface area (Å²) in [7, 11) is 0. The highest BCUT2D eigenvalue weighted by atomic mass is 16.6. The van der Waals surface area contributed by atoms with Crippen LogP contribution in [0.15, 0.2) is 36.2 Å². The van der Waals surface area contributed by atoms with Crippen LogP contribution < -0.4 is 9.46 Å². The van der Waals surface area contributed by atoms with E-state index in [2.05, 4.69) is 0 Å². The molecule has 0 aliphatic rings. The van der Waals surface area contributed by atoms with Crippen LogP contribution in [0.1, 0.15) is 12.6 Å². The fourth-order valence-corrected chi connectivity index (χ4v) is 1.57. The average Bonchev–Trinajstić information content (AvgIpc) is 2.35. The highest BCUT2D eigenvalue weighted by Crippen LogP contribution is 2.07. The molecule has 18 heavy (non-hydrogen) atoms. The Morgan fingerprint density at radius 3 is 2.50 bits per heavy atom. The van der Waals surface area contributed by atoms with Gasteiger partial charge in [-0.05, 0) is 0 Å². The second kappa shape index (κ2) is 4.28. The number of fused-ring (bicyclic) bond motifs is 1. The van der Waals surface area contributed by atoms with Gasteiger partial charge in [0.25, 0.3) is 22.9 Å². The van der Waals surface area contributed by atoms with E-state index in [1.807, 2.05) is 0 Å². The van der Waals surface area contributed by atoms with Gasteiger partial charge in [0.1, 0.15) is 0 Å². The number of benzene rings is 1. The molecule has 7 heteroatoms. The third-order valence-electron chi connectivity index (χ3n) is 2.47. The number of para-hydroxylation sites is 2. The Labute approximate surface area is 102 Å². The molecule has 92 valence electrons. The van der Waals surface area contributed by atoms with E-state index < -0.39 is 4.92 Å². The van der Waals surface area contributed by atoms with Gasteiger partial charge in [-0.3, -0.25) is 10.1 Å². The Morgan fingerprint density at radius 2 is 1.89 bits per heavy atom. The van der Waals surface area contributed by atoms with Crippen LogP contribution in [-0.2, 0) is 0 Å². The summed E-state index contributed by atoms with van der Waals surface area (Å²) in [6.45, 7) is 1.25. The van der Waals surface area contributed by atoms with E-state index in [0.29, 0.717) is 9.46 Å². The fraction of sp³-hybridized carbons (Fsp3) is 0.0909. The number of rotatable bonds is 2. The molecule has 0 aliphatic heterocycles. The molecule has 0 saturated heterocycles. The zero-order valence-electron chi connectivity index (χ0n) is 9.44. The summed E-state index contributed by atoms with van der Waals surface area (Å²) in [5.41, 5.74) is 0.0913. The predicted molar refractivity (Wildman–Crippen MR) is 62.5 cm³/mol. The minimum Gasteiger partial charge on any atom is -0.618 e. The van der Waals surface area contributed by atoms with Crippen LogP contribution >= 0.6 is 0 Å². The molecule has 0 unspecified atom stereocenters. The van der Waals surface area contributed by atoms with E-state index in [4.69, 9.17) is 0 Å². The molecule has 0 bridgehead atoms. The number of allylic oxidation sites excluding steroid dienone is 1. The highest BCUT2D eigenvalue weighted by molar-refractivity contribution is 5.67. The first kappa shape index (κ1) is 11.8. The smallest absolute Gasteiger partial charge is 0.290 e. The summed E-state index contributed by atoms with van der Waals surface area (Å²) < 4.78 is 1.01. The Kier molecular flexibility index (Phi) is 2.80. The van der Waals surface area contributed by atoms with Crippen molar-refractivity contribution in [3.8, 4) is 0 Å². The van der Waals surface area contributed by atoms with Crippen LogP contribution in [0.2, 0.25) is 0 Å². The van der Waals surface area contributed by atoms with E-state index in [0.717, 1.165) is 12.3 Å². The number of hydrogen-bond acceptors (Lipinski definition) is 4. The summed E-state index contributed by atoms with van der Waals surface area (Å²) >= 11 is 0. The quantitative estimate of drug-likeness (QED) is 0.338. The van der Waals surface area contributed by atoms with Gasteiger partial charge in [0.05, 0.1) is 11.0 Å². The van der Waals surface area contributed by atoms with Crippen LogP contribution in [0.4, 0.5) is 0 Å². The van der Waals surface area contributed by atoms with Crippen molar-refractivity contribution >= 4 is 17.1 Å². The Bertz CT molecular complexity index is 667. The maximum Gasteiger partial charge on any atom is 0.290 e. The molecule has 0 atom stereocenters. The van der Waals surface area contributed by atoms with E-state index in [1.54, 1.807) is 12.1 Å². The summed E-state index contributed by atoms with van der Waals surface area (Å²) in [6, 6.07) is 6.24. The first-order valence-corrected chi connectivity index (χ1v) is 5.08. The first-order chi connectivity index (χ1) is 8.50.